The molecule has 2 aromatic rings. The summed E-state index contributed by atoms with van der Waals surface area (Å²) < 4.78 is 0. The van der Waals surface area contributed by atoms with E-state index in [1.54, 1.807) is 11.3 Å². The van der Waals surface area contributed by atoms with Crippen molar-refractivity contribution in [2.45, 2.75) is 40.0 Å². The lowest BCUT2D eigenvalue weighted by atomic mass is 10.0. The van der Waals surface area contributed by atoms with Gasteiger partial charge < -0.3 is 5.32 Å². The van der Waals surface area contributed by atoms with Crippen LogP contribution in [0.1, 0.15) is 37.7 Å². The van der Waals surface area contributed by atoms with Gasteiger partial charge in [-0.1, -0.05) is 20.8 Å². The third kappa shape index (κ3) is 3.41. The average Bonchev–Trinajstić information content (AvgIpc) is 3.01. The molecule has 0 amide bonds. The lowest BCUT2D eigenvalue weighted by Crippen LogP contribution is -2.18. The van der Waals surface area contributed by atoms with Crippen molar-refractivity contribution < 1.29 is 0 Å². The van der Waals surface area contributed by atoms with Crippen molar-refractivity contribution in [3.05, 3.63) is 28.7 Å². The van der Waals surface area contributed by atoms with Gasteiger partial charge in [0.2, 0.25) is 0 Å². The van der Waals surface area contributed by atoms with E-state index in [4.69, 9.17) is 9.97 Å². The Morgan fingerprint density at radius 1 is 1.10 bits per heavy atom. The first-order valence-electron chi connectivity index (χ1n) is 7.28. The van der Waals surface area contributed by atoms with E-state index in [1.807, 2.05) is 11.7 Å². The van der Waals surface area contributed by atoms with Crippen molar-refractivity contribution >= 4 is 11.3 Å². The molecule has 4 nitrogen and oxygen atoms in total. The Kier molecular flexibility index (Phi) is 5.61. The van der Waals surface area contributed by atoms with Gasteiger partial charge in [-0.3, -0.25) is 4.98 Å². The van der Waals surface area contributed by atoms with Gasteiger partial charge in [-0.15, -0.1) is 11.3 Å². The molecule has 0 unspecified atom stereocenters. The molecule has 1 N–H and O–H groups in total. The molecular formula is C15H22N4S. The van der Waals surface area contributed by atoms with Crippen LogP contribution in [0, 0.1) is 0 Å². The maximum absolute atomic E-state index is 4.75. The second-order valence-electron chi connectivity index (χ2n) is 4.60. The van der Waals surface area contributed by atoms with E-state index in [-0.39, 0.29) is 0 Å². The summed E-state index contributed by atoms with van der Waals surface area (Å²) in [5.74, 6) is 0.827. The van der Waals surface area contributed by atoms with Crippen LogP contribution in [-0.2, 0) is 19.3 Å². The van der Waals surface area contributed by atoms with E-state index in [0.29, 0.717) is 0 Å². The number of nitrogens with one attached hydrogen (secondary N) is 1. The van der Waals surface area contributed by atoms with Crippen molar-refractivity contribution in [2.75, 3.05) is 13.1 Å². The highest BCUT2D eigenvalue weighted by molar-refractivity contribution is 7.13. The Hall–Kier alpha value is -1.33. The molecule has 2 aromatic heterocycles. The van der Waals surface area contributed by atoms with Gasteiger partial charge in [-0.05, 0) is 37.9 Å². The van der Waals surface area contributed by atoms with Gasteiger partial charge >= 0.3 is 0 Å². The van der Waals surface area contributed by atoms with Crippen LogP contribution >= 0.6 is 11.3 Å². The molecule has 5 heteroatoms. The first-order chi connectivity index (χ1) is 9.80. The number of aromatic nitrogens is 3. The van der Waals surface area contributed by atoms with Crippen LogP contribution in [0.25, 0.3) is 10.7 Å². The van der Waals surface area contributed by atoms with Gasteiger partial charge in [0.25, 0.3) is 0 Å². The Labute approximate surface area is 124 Å². The number of aryl methyl sites for hydroxylation is 2. The van der Waals surface area contributed by atoms with E-state index in [0.717, 1.165) is 43.1 Å². The molecule has 0 saturated heterocycles. The first kappa shape index (κ1) is 15.1. The molecule has 0 bridgehead atoms. The van der Waals surface area contributed by atoms with Gasteiger partial charge in [-0.25, -0.2) is 9.97 Å². The van der Waals surface area contributed by atoms with Crippen molar-refractivity contribution in [2.24, 2.45) is 0 Å². The van der Waals surface area contributed by atoms with Crippen molar-refractivity contribution in [3.8, 4) is 10.7 Å². The maximum atomic E-state index is 4.75. The minimum Gasteiger partial charge on any atom is -0.317 e. The first-order valence-corrected chi connectivity index (χ1v) is 8.16. The zero-order chi connectivity index (χ0) is 14.4. The smallest absolute Gasteiger partial charge is 0.171 e. The van der Waals surface area contributed by atoms with E-state index in [1.165, 1.54) is 17.0 Å². The number of rotatable bonds is 7. The summed E-state index contributed by atoms with van der Waals surface area (Å²) in [6.07, 6.45) is 4.74. The van der Waals surface area contributed by atoms with Gasteiger partial charge in [0.05, 0.1) is 10.4 Å². The molecule has 0 aliphatic rings. The molecule has 0 spiro atoms. The normalized spacial score (nSPS) is 10.9. The molecule has 0 aliphatic carbocycles. The predicted molar refractivity (Wildman–Crippen MR) is 84.1 cm³/mol. The van der Waals surface area contributed by atoms with Crippen LogP contribution in [0.5, 0.6) is 0 Å². The monoisotopic (exact) mass is 290 g/mol. The van der Waals surface area contributed by atoms with Gasteiger partial charge in [0.1, 0.15) is 0 Å². The molecule has 0 saturated carbocycles. The van der Waals surface area contributed by atoms with Crippen LogP contribution < -0.4 is 5.32 Å². The third-order valence-corrected chi connectivity index (χ3v) is 4.07. The van der Waals surface area contributed by atoms with E-state index in [2.05, 4.69) is 31.1 Å². The highest BCUT2D eigenvalue weighted by atomic mass is 32.1. The van der Waals surface area contributed by atoms with Gasteiger partial charge in [0, 0.05) is 17.6 Å². The second kappa shape index (κ2) is 7.45. The fraction of sp³-hybridized carbons (Fsp3) is 0.533. The summed E-state index contributed by atoms with van der Waals surface area (Å²) in [5, 5.41) is 3.38. The maximum Gasteiger partial charge on any atom is 0.171 e. The van der Waals surface area contributed by atoms with Gasteiger partial charge in [0.15, 0.2) is 5.82 Å². The fourth-order valence-electron chi connectivity index (χ4n) is 2.28. The highest BCUT2D eigenvalue weighted by Gasteiger charge is 2.13. The van der Waals surface area contributed by atoms with Crippen molar-refractivity contribution in [1.29, 1.82) is 0 Å². The summed E-state index contributed by atoms with van der Waals surface area (Å²) in [6.45, 7) is 8.44. The molecule has 0 radical (unpaired) electrons. The van der Waals surface area contributed by atoms with Crippen molar-refractivity contribution in [1.82, 2.24) is 20.3 Å². The average molecular weight is 290 g/mol. The van der Waals surface area contributed by atoms with Gasteiger partial charge in [-0.2, -0.15) is 0 Å². The topological polar surface area (TPSA) is 50.7 Å². The molecule has 0 fully saturated rings. The Balaban J connectivity index is 2.36. The standard InChI is InChI=1S/C15H22N4S/c1-4-12-11(7-8-16-6-3)13(5-2)19-15(18-12)14-9-17-10-20-14/h9-10,16H,4-8H2,1-3H3. The summed E-state index contributed by atoms with van der Waals surface area (Å²) in [6, 6.07) is 0. The number of likely N-dealkylation sites (N-methyl/N-ethyl adjacent to an activating group) is 1. The third-order valence-electron chi connectivity index (χ3n) is 3.30. The predicted octanol–water partition coefficient (Wildman–Crippen LogP) is 2.88. The molecule has 2 heterocycles. The second-order valence-corrected chi connectivity index (χ2v) is 5.48. The molecule has 108 valence electrons. The molecular weight excluding hydrogens is 268 g/mol. The lowest BCUT2D eigenvalue weighted by molar-refractivity contribution is 0.702. The number of thiazole rings is 1. The fourth-order valence-corrected chi connectivity index (χ4v) is 2.84. The minimum atomic E-state index is 0.827. The Morgan fingerprint density at radius 3 is 2.30 bits per heavy atom. The van der Waals surface area contributed by atoms with Crippen LogP contribution in [0.3, 0.4) is 0 Å². The molecule has 20 heavy (non-hydrogen) atoms. The van der Waals surface area contributed by atoms with Crippen LogP contribution in [0.2, 0.25) is 0 Å². The number of hydrogen-bond acceptors (Lipinski definition) is 5. The van der Waals surface area contributed by atoms with Crippen LogP contribution in [0.15, 0.2) is 11.7 Å². The minimum absolute atomic E-state index is 0.827. The Bertz CT molecular complexity index is 512. The molecule has 0 aromatic carbocycles. The number of hydrogen-bond donors (Lipinski definition) is 1. The van der Waals surface area contributed by atoms with Crippen LogP contribution in [0.4, 0.5) is 0 Å². The largest absolute Gasteiger partial charge is 0.317 e. The summed E-state index contributed by atoms with van der Waals surface area (Å²) in [7, 11) is 0. The quantitative estimate of drug-likeness (QED) is 0.797. The Morgan fingerprint density at radius 2 is 1.80 bits per heavy atom. The summed E-state index contributed by atoms with van der Waals surface area (Å²) in [4.78, 5) is 14.7. The van der Waals surface area contributed by atoms with Crippen LogP contribution in [-0.4, -0.2) is 28.0 Å². The van der Waals surface area contributed by atoms with E-state index >= 15 is 0 Å². The SMILES string of the molecule is CCNCCc1c(CC)nc(-c2cncs2)nc1CC. The summed E-state index contributed by atoms with van der Waals surface area (Å²) >= 11 is 1.59. The van der Waals surface area contributed by atoms with E-state index < -0.39 is 0 Å². The van der Waals surface area contributed by atoms with Crippen molar-refractivity contribution in [3.63, 3.8) is 0 Å². The zero-order valence-electron chi connectivity index (χ0n) is 12.4. The zero-order valence-corrected chi connectivity index (χ0v) is 13.3. The lowest BCUT2D eigenvalue weighted by Gasteiger charge is -2.13. The molecule has 0 aliphatic heterocycles. The summed E-state index contributed by atoms with van der Waals surface area (Å²) in [5.41, 5.74) is 5.51. The molecule has 2 rings (SSSR count). The molecule has 0 atom stereocenters. The highest BCUT2D eigenvalue weighted by Crippen LogP contribution is 2.23. The van der Waals surface area contributed by atoms with E-state index in [9.17, 15) is 0 Å². The number of nitrogens with zero attached hydrogens (tertiary/aromatic N) is 3.